The second-order valence-corrected chi connectivity index (χ2v) is 6.50. The molecule has 3 atom stereocenters. The molecule has 1 aliphatic rings. The first kappa shape index (κ1) is 15.4. The zero-order valence-corrected chi connectivity index (χ0v) is 13.2. The summed E-state index contributed by atoms with van der Waals surface area (Å²) >= 11 is 0. The lowest BCUT2D eigenvalue weighted by atomic mass is 10.0. The second kappa shape index (κ2) is 7.68. The quantitative estimate of drug-likeness (QED) is 0.808. The summed E-state index contributed by atoms with van der Waals surface area (Å²) in [7, 11) is 0. The number of aryl methyl sites for hydroxylation is 1. The third-order valence-corrected chi connectivity index (χ3v) is 4.30. The lowest BCUT2D eigenvalue weighted by molar-refractivity contribution is 0.255. The van der Waals surface area contributed by atoms with Crippen LogP contribution in [0, 0.1) is 12.8 Å². The summed E-state index contributed by atoms with van der Waals surface area (Å²) in [6.07, 6.45) is 6.76. The topological polar surface area (TPSA) is 21.3 Å². The Kier molecular flexibility index (Phi) is 5.90. The fourth-order valence-corrected chi connectivity index (χ4v) is 2.96. The van der Waals surface area contributed by atoms with Gasteiger partial charge in [0.25, 0.3) is 0 Å². The Labute approximate surface area is 123 Å². The molecular weight excluding hydrogens is 246 g/mol. The van der Waals surface area contributed by atoms with E-state index in [-0.39, 0.29) is 0 Å². The van der Waals surface area contributed by atoms with Gasteiger partial charge in [0, 0.05) is 12.1 Å². The molecule has 1 aliphatic carbocycles. The van der Waals surface area contributed by atoms with E-state index in [0.29, 0.717) is 12.1 Å². The summed E-state index contributed by atoms with van der Waals surface area (Å²) in [5.41, 5.74) is 1.27. The van der Waals surface area contributed by atoms with Crippen molar-refractivity contribution in [2.24, 2.45) is 5.92 Å². The van der Waals surface area contributed by atoms with Gasteiger partial charge in [-0.05, 0) is 51.2 Å². The van der Waals surface area contributed by atoms with Gasteiger partial charge in [-0.25, -0.2) is 0 Å². The molecule has 0 aliphatic heterocycles. The molecule has 0 spiro atoms. The summed E-state index contributed by atoms with van der Waals surface area (Å²) in [5.74, 6) is 1.87. The highest BCUT2D eigenvalue weighted by Gasteiger charge is 2.17. The monoisotopic (exact) mass is 275 g/mol. The molecule has 0 saturated heterocycles. The normalized spacial score (nSPS) is 24.9. The number of hydrogen-bond donors (Lipinski definition) is 1. The number of hydrogen-bond acceptors (Lipinski definition) is 2. The fraction of sp³-hybridized carbons (Fsp3) is 0.667. The average Bonchev–Trinajstić information content (AvgIpc) is 2.63. The van der Waals surface area contributed by atoms with E-state index in [4.69, 9.17) is 4.74 Å². The van der Waals surface area contributed by atoms with Crippen molar-refractivity contribution < 1.29 is 4.74 Å². The van der Waals surface area contributed by atoms with Crippen LogP contribution in [0.2, 0.25) is 0 Å². The van der Waals surface area contributed by atoms with E-state index in [1.165, 1.54) is 37.7 Å². The van der Waals surface area contributed by atoms with Gasteiger partial charge in [-0.3, -0.25) is 0 Å². The molecule has 0 radical (unpaired) electrons. The molecule has 20 heavy (non-hydrogen) atoms. The smallest absolute Gasteiger partial charge is 0.119 e. The van der Waals surface area contributed by atoms with E-state index in [9.17, 15) is 0 Å². The molecule has 112 valence electrons. The van der Waals surface area contributed by atoms with Crippen LogP contribution in [0.4, 0.5) is 0 Å². The Morgan fingerprint density at radius 2 is 1.90 bits per heavy atom. The third-order valence-electron chi connectivity index (χ3n) is 4.30. The van der Waals surface area contributed by atoms with Crippen molar-refractivity contribution in [2.75, 3.05) is 6.61 Å². The van der Waals surface area contributed by atoms with Crippen LogP contribution in [0.1, 0.15) is 51.5 Å². The molecular formula is C18H29NO. The van der Waals surface area contributed by atoms with Crippen molar-refractivity contribution in [3.63, 3.8) is 0 Å². The number of nitrogens with one attached hydrogen (secondary N) is 1. The van der Waals surface area contributed by atoms with E-state index >= 15 is 0 Å². The van der Waals surface area contributed by atoms with Crippen LogP contribution in [0.5, 0.6) is 5.75 Å². The van der Waals surface area contributed by atoms with E-state index < -0.39 is 0 Å². The van der Waals surface area contributed by atoms with Crippen molar-refractivity contribution >= 4 is 0 Å². The van der Waals surface area contributed by atoms with Crippen molar-refractivity contribution in [3.05, 3.63) is 29.8 Å². The van der Waals surface area contributed by atoms with Crippen molar-refractivity contribution in [1.29, 1.82) is 0 Å². The summed E-state index contributed by atoms with van der Waals surface area (Å²) in [6, 6.07) is 9.39. The Morgan fingerprint density at radius 1 is 1.15 bits per heavy atom. The van der Waals surface area contributed by atoms with Crippen LogP contribution >= 0.6 is 0 Å². The molecule has 1 aromatic carbocycles. The highest BCUT2D eigenvalue weighted by atomic mass is 16.5. The largest absolute Gasteiger partial charge is 0.492 e. The number of ether oxygens (including phenoxy) is 1. The van der Waals surface area contributed by atoms with E-state index in [0.717, 1.165) is 18.3 Å². The van der Waals surface area contributed by atoms with Gasteiger partial charge in [-0.1, -0.05) is 37.5 Å². The van der Waals surface area contributed by atoms with Crippen molar-refractivity contribution in [2.45, 2.75) is 65.0 Å². The van der Waals surface area contributed by atoms with Crippen molar-refractivity contribution in [3.8, 4) is 5.75 Å². The van der Waals surface area contributed by atoms with Gasteiger partial charge >= 0.3 is 0 Å². The van der Waals surface area contributed by atoms with Crippen LogP contribution in [-0.4, -0.2) is 18.7 Å². The highest BCUT2D eigenvalue weighted by molar-refractivity contribution is 5.26. The van der Waals surface area contributed by atoms with Gasteiger partial charge in [0.1, 0.15) is 12.4 Å². The molecule has 0 amide bonds. The standard InChI is InChI=1S/C18H29NO/c1-14-5-4-6-17(10-7-14)19-16(3)13-20-18-11-8-15(2)9-12-18/h8-9,11-12,14,16-17,19H,4-7,10,13H2,1-3H3. The maximum atomic E-state index is 5.85. The molecule has 0 aromatic heterocycles. The second-order valence-electron chi connectivity index (χ2n) is 6.50. The third kappa shape index (κ3) is 5.16. The lowest BCUT2D eigenvalue weighted by Crippen LogP contribution is -2.39. The van der Waals surface area contributed by atoms with Crippen LogP contribution in [-0.2, 0) is 0 Å². The molecule has 1 saturated carbocycles. The molecule has 2 rings (SSSR count). The number of rotatable bonds is 5. The first-order chi connectivity index (χ1) is 9.63. The fourth-order valence-electron chi connectivity index (χ4n) is 2.96. The molecule has 0 heterocycles. The minimum absolute atomic E-state index is 0.412. The SMILES string of the molecule is Cc1ccc(OCC(C)NC2CCCC(C)CC2)cc1. The van der Waals surface area contributed by atoms with Gasteiger partial charge in [0.2, 0.25) is 0 Å². The predicted octanol–water partition coefficient (Wildman–Crippen LogP) is 4.32. The summed E-state index contributed by atoms with van der Waals surface area (Å²) in [4.78, 5) is 0. The summed E-state index contributed by atoms with van der Waals surface area (Å²) in [5, 5.41) is 3.74. The van der Waals surface area contributed by atoms with Crippen LogP contribution in [0.15, 0.2) is 24.3 Å². The van der Waals surface area contributed by atoms with E-state index in [2.05, 4.69) is 50.4 Å². The zero-order chi connectivity index (χ0) is 14.4. The van der Waals surface area contributed by atoms with Gasteiger partial charge in [0.05, 0.1) is 0 Å². The van der Waals surface area contributed by atoms with Gasteiger partial charge in [-0.2, -0.15) is 0 Å². The van der Waals surface area contributed by atoms with Crippen molar-refractivity contribution in [1.82, 2.24) is 5.32 Å². The Hall–Kier alpha value is -1.02. The van der Waals surface area contributed by atoms with Gasteiger partial charge < -0.3 is 10.1 Å². The van der Waals surface area contributed by atoms with E-state index in [1.807, 2.05) is 0 Å². The van der Waals surface area contributed by atoms with Crippen LogP contribution in [0.3, 0.4) is 0 Å². The molecule has 3 unspecified atom stereocenters. The average molecular weight is 275 g/mol. The Balaban J connectivity index is 1.71. The lowest BCUT2D eigenvalue weighted by Gasteiger charge is -2.22. The summed E-state index contributed by atoms with van der Waals surface area (Å²) in [6.45, 7) is 7.45. The maximum absolute atomic E-state index is 5.85. The Morgan fingerprint density at radius 3 is 2.65 bits per heavy atom. The Bertz CT molecular complexity index is 387. The minimum Gasteiger partial charge on any atom is -0.492 e. The zero-order valence-electron chi connectivity index (χ0n) is 13.2. The first-order valence-corrected chi connectivity index (χ1v) is 8.09. The predicted molar refractivity (Wildman–Crippen MR) is 85.3 cm³/mol. The molecule has 2 nitrogen and oxygen atoms in total. The molecule has 1 aromatic rings. The molecule has 0 bridgehead atoms. The highest BCUT2D eigenvalue weighted by Crippen LogP contribution is 2.23. The molecule has 2 heteroatoms. The molecule has 1 fully saturated rings. The molecule has 1 N–H and O–H groups in total. The number of benzene rings is 1. The van der Waals surface area contributed by atoms with E-state index in [1.54, 1.807) is 0 Å². The maximum Gasteiger partial charge on any atom is 0.119 e. The van der Waals surface area contributed by atoms with Crippen LogP contribution in [0.25, 0.3) is 0 Å². The first-order valence-electron chi connectivity index (χ1n) is 8.09. The van der Waals surface area contributed by atoms with Crippen LogP contribution < -0.4 is 10.1 Å². The van der Waals surface area contributed by atoms with Gasteiger partial charge in [-0.15, -0.1) is 0 Å². The van der Waals surface area contributed by atoms with Gasteiger partial charge in [0.15, 0.2) is 0 Å². The minimum atomic E-state index is 0.412. The summed E-state index contributed by atoms with van der Waals surface area (Å²) < 4.78 is 5.85.